The first kappa shape index (κ1) is 18.0. The number of halogens is 3. The molecule has 1 amide bonds. The number of carbonyl (C=O) groups excluding carboxylic acids is 1. The van der Waals surface area contributed by atoms with E-state index in [1.807, 2.05) is 0 Å². The molecule has 2 aromatic rings. The quantitative estimate of drug-likeness (QED) is 0.798. The van der Waals surface area contributed by atoms with Gasteiger partial charge in [0.1, 0.15) is 11.9 Å². The average Bonchev–Trinajstić information content (AvgIpc) is 2.57. The van der Waals surface area contributed by atoms with Crippen LogP contribution < -0.4 is 10.6 Å². The molecule has 0 spiro atoms. The van der Waals surface area contributed by atoms with Crippen LogP contribution in [-0.4, -0.2) is 19.0 Å². The molecule has 0 aliphatic heterocycles. The molecule has 0 saturated heterocycles. The summed E-state index contributed by atoms with van der Waals surface area (Å²) < 4.78 is 39.5. The van der Waals surface area contributed by atoms with Crippen molar-refractivity contribution in [2.24, 2.45) is 0 Å². The minimum atomic E-state index is -0.901. The Morgan fingerprint density at radius 1 is 1.08 bits per heavy atom. The molecule has 128 valence electrons. The average molecular weight is 337 g/mol. The highest BCUT2D eigenvalue weighted by Crippen LogP contribution is 2.13. The van der Waals surface area contributed by atoms with Gasteiger partial charge in [0.15, 0.2) is 18.2 Å². The van der Waals surface area contributed by atoms with Crippen LogP contribution in [0.2, 0.25) is 0 Å². The molecular formula is C18H20F3N2O+. The zero-order valence-corrected chi connectivity index (χ0v) is 13.4. The lowest BCUT2D eigenvalue weighted by atomic mass is 10.1. The van der Waals surface area contributed by atoms with Gasteiger partial charge in [-0.05, 0) is 43.2 Å². The Bertz CT molecular complexity index is 706. The second-order valence-corrected chi connectivity index (χ2v) is 5.59. The Morgan fingerprint density at radius 2 is 1.83 bits per heavy atom. The first-order valence-electron chi connectivity index (χ1n) is 7.75. The summed E-state index contributed by atoms with van der Waals surface area (Å²) in [4.78, 5) is 11.8. The topological polar surface area (TPSA) is 45.7 Å². The van der Waals surface area contributed by atoms with Crippen molar-refractivity contribution in [1.82, 2.24) is 5.32 Å². The molecule has 2 rings (SSSR count). The summed E-state index contributed by atoms with van der Waals surface area (Å²) in [7, 11) is 0. The smallest absolute Gasteiger partial charge is 0.275 e. The van der Waals surface area contributed by atoms with Crippen molar-refractivity contribution in [2.45, 2.75) is 19.4 Å². The molecule has 0 fully saturated rings. The molecule has 0 aliphatic carbocycles. The molecule has 2 aromatic carbocycles. The van der Waals surface area contributed by atoms with E-state index in [0.717, 1.165) is 12.1 Å². The molecule has 1 atom stereocenters. The van der Waals surface area contributed by atoms with E-state index in [-0.39, 0.29) is 24.3 Å². The standard InChI is InChI=1S/C18H19F3N2O/c1-12(14-6-7-16(20)17(21)10-14)23-11-18(24)22-9-8-13-4-2-3-5-15(13)19/h2-7,10,12,23H,8-9,11H2,1H3,(H,22,24)/p+1/t12-/m0/s1. The molecule has 0 radical (unpaired) electrons. The van der Waals surface area contributed by atoms with Crippen LogP contribution in [-0.2, 0) is 11.2 Å². The zero-order valence-electron chi connectivity index (χ0n) is 13.4. The van der Waals surface area contributed by atoms with Crippen LogP contribution in [0.3, 0.4) is 0 Å². The minimum absolute atomic E-state index is 0.150. The van der Waals surface area contributed by atoms with E-state index < -0.39 is 11.6 Å². The summed E-state index contributed by atoms with van der Waals surface area (Å²) in [5.74, 6) is -2.27. The number of amides is 1. The first-order valence-corrected chi connectivity index (χ1v) is 7.75. The maximum Gasteiger partial charge on any atom is 0.275 e. The van der Waals surface area contributed by atoms with Gasteiger partial charge in [0.2, 0.25) is 0 Å². The highest BCUT2D eigenvalue weighted by Gasteiger charge is 2.13. The second-order valence-electron chi connectivity index (χ2n) is 5.59. The van der Waals surface area contributed by atoms with Gasteiger partial charge in [0.25, 0.3) is 5.91 Å². The van der Waals surface area contributed by atoms with Gasteiger partial charge >= 0.3 is 0 Å². The predicted molar refractivity (Wildman–Crippen MR) is 84.7 cm³/mol. The van der Waals surface area contributed by atoms with Crippen molar-refractivity contribution in [3.05, 3.63) is 71.0 Å². The van der Waals surface area contributed by atoms with Crippen molar-refractivity contribution in [1.29, 1.82) is 0 Å². The van der Waals surface area contributed by atoms with Crippen molar-refractivity contribution in [3.8, 4) is 0 Å². The van der Waals surface area contributed by atoms with Gasteiger partial charge in [0, 0.05) is 12.1 Å². The number of quaternary nitrogens is 1. The molecule has 0 aliphatic rings. The third-order valence-corrected chi connectivity index (χ3v) is 3.80. The van der Waals surface area contributed by atoms with Gasteiger partial charge in [0.05, 0.1) is 0 Å². The molecule has 0 unspecified atom stereocenters. The van der Waals surface area contributed by atoms with Crippen molar-refractivity contribution >= 4 is 5.91 Å². The van der Waals surface area contributed by atoms with Crippen molar-refractivity contribution in [3.63, 3.8) is 0 Å². The van der Waals surface area contributed by atoms with E-state index in [0.29, 0.717) is 24.1 Å². The van der Waals surface area contributed by atoms with Gasteiger partial charge in [-0.1, -0.05) is 18.2 Å². The van der Waals surface area contributed by atoms with E-state index in [2.05, 4.69) is 5.32 Å². The maximum atomic E-state index is 13.4. The molecule has 0 saturated carbocycles. The van der Waals surface area contributed by atoms with Crippen LogP contribution in [0.1, 0.15) is 24.1 Å². The van der Waals surface area contributed by atoms with E-state index in [1.54, 1.807) is 30.4 Å². The Labute approximate surface area is 138 Å². The summed E-state index contributed by atoms with van der Waals surface area (Å²) in [5, 5.41) is 4.44. The minimum Gasteiger partial charge on any atom is -0.351 e. The Hall–Kier alpha value is -2.34. The Morgan fingerprint density at radius 3 is 2.54 bits per heavy atom. The van der Waals surface area contributed by atoms with E-state index >= 15 is 0 Å². The number of benzene rings is 2. The molecule has 0 bridgehead atoms. The molecule has 6 heteroatoms. The van der Waals surface area contributed by atoms with Crippen LogP contribution in [0.25, 0.3) is 0 Å². The summed E-state index contributed by atoms with van der Waals surface area (Å²) in [6.45, 7) is 2.30. The molecular weight excluding hydrogens is 317 g/mol. The van der Waals surface area contributed by atoms with Crippen LogP contribution in [0.15, 0.2) is 42.5 Å². The fraction of sp³-hybridized carbons (Fsp3) is 0.278. The molecule has 0 heterocycles. The van der Waals surface area contributed by atoms with Crippen molar-refractivity contribution in [2.75, 3.05) is 13.1 Å². The van der Waals surface area contributed by atoms with Gasteiger partial charge in [-0.25, -0.2) is 13.2 Å². The second kappa shape index (κ2) is 8.49. The third kappa shape index (κ3) is 5.09. The highest BCUT2D eigenvalue weighted by atomic mass is 19.2. The summed E-state index contributed by atoms with van der Waals surface area (Å²) >= 11 is 0. The van der Waals surface area contributed by atoms with Crippen LogP contribution in [0.5, 0.6) is 0 Å². The molecule has 24 heavy (non-hydrogen) atoms. The van der Waals surface area contributed by atoms with Gasteiger partial charge in [-0.15, -0.1) is 0 Å². The first-order chi connectivity index (χ1) is 11.5. The number of hydrogen-bond donors (Lipinski definition) is 2. The SMILES string of the molecule is C[C@H]([NH2+]CC(=O)NCCc1ccccc1F)c1ccc(F)c(F)c1. The van der Waals surface area contributed by atoms with E-state index in [1.165, 1.54) is 12.1 Å². The number of hydrogen-bond acceptors (Lipinski definition) is 1. The molecule has 0 aromatic heterocycles. The van der Waals surface area contributed by atoms with Gasteiger partial charge < -0.3 is 10.6 Å². The fourth-order valence-electron chi connectivity index (χ4n) is 2.33. The fourth-order valence-corrected chi connectivity index (χ4v) is 2.33. The molecule has 3 N–H and O–H groups in total. The van der Waals surface area contributed by atoms with Gasteiger partial charge in [-0.2, -0.15) is 0 Å². The largest absolute Gasteiger partial charge is 0.351 e. The van der Waals surface area contributed by atoms with E-state index in [9.17, 15) is 18.0 Å². The van der Waals surface area contributed by atoms with Crippen LogP contribution in [0.4, 0.5) is 13.2 Å². The summed E-state index contributed by atoms with van der Waals surface area (Å²) in [6.07, 6.45) is 0.414. The third-order valence-electron chi connectivity index (χ3n) is 3.80. The van der Waals surface area contributed by atoms with Crippen molar-refractivity contribution < 1.29 is 23.3 Å². The Balaban J connectivity index is 1.74. The van der Waals surface area contributed by atoms with Crippen LogP contribution in [0, 0.1) is 17.5 Å². The maximum absolute atomic E-state index is 13.4. The number of nitrogens with two attached hydrogens (primary N) is 1. The monoisotopic (exact) mass is 337 g/mol. The zero-order chi connectivity index (χ0) is 17.5. The molecule has 3 nitrogen and oxygen atoms in total. The normalized spacial score (nSPS) is 12.0. The summed E-state index contributed by atoms with van der Waals surface area (Å²) in [5.41, 5.74) is 1.16. The van der Waals surface area contributed by atoms with E-state index in [4.69, 9.17) is 0 Å². The Kier molecular flexibility index (Phi) is 6.37. The van der Waals surface area contributed by atoms with Gasteiger partial charge in [-0.3, -0.25) is 4.79 Å². The lowest BCUT2D eigenvalue weighted by molar-refractivity contribution is -0.682. The number of nitrogens with one attached hydrogen (secondary N) is 1. The number of carbonyl (C=O) groups is 1. The predicted octanol–water partition coefficient (Wildman–Crippen LogP) is 2.09. The highest BCUT2D eigenvalue weighted by molar-refractivity contribution is 5.76. The van der Waals surface area contributed by atoms with Crippen LogP contribution >= 0.6 is 0 Å². The summed E-state index contributed by atoms with van der Waals surface area (Å²) in [6, 6.07) is 9.94. The number of rotatable bonds is 7. The lowest BCUT2D eigenvalue weighted by Crippen LogP contribution is -2.87. The lowest BCUT2D eigenvalue weighted by Gasteiger charge is -2.11.